The lowest BCUT2D eigenvalue weighted by atomic mass is 10.1. The second kappa shape index (κ2) is 7.24. The van der Waals surface area contributed by atoms with Gasteiger partial charge in [-0.3, -0.25) is 9.58 Å². The van der Waals surface area contributed by atoms with Gasteiger partial charge in [0, 0.05) is 26.7 Å². The minimum absolute atomic E-state index is 0.0468. The Morgan fingerprint density at radius 2 is 2.14 bits per heavy atom. The molecule has 6 nitrogen and oxygen atoms in total. The Morgan fingerprint density at radius 3 is 2.67 bits per heavy atom. The van der Waals surface area contributed by atoms with Gasteiger partial charge in [-0.25, -0.2) is 4.79 Å². The van der Waals surface area contributed by atoms with Gasteiger partial charge in [-0.2, -0.15) is 5.10 Å². The van der Waals surface area contributed by atoms with E-state index in [0.29, 0.717) is 0 Å². The molecule has 0 saturated carbocycles. The van der Waals surface area contributed by atoms with E-state index in [1.807, 2.05) is 18.7 Å². The molecule has 1 aromatic rings. The van der Waals surface area contributed by atoms with Crippen molar-refractivity contribution < 1.29 is 14.6 Å². The summed E-state index contributed by atoms with van der Waals surface area (Å²) in [5.41, 5.74) is 1.98. The fourth-order valence-electron chi connectivity index (χ4n) is 2.63. The minimum Gasteiger partial charge on any atom is -0.480 e. The highest BCUT2D eigenvalue weighted by atomic mass is 35.5. The number of aromatic nitrogens is 2. The molecule has 0 aromatic carbocycles. The topological polar surface area (TPSA) is 67.6 Å². The Morgan fingerprint density at radius 1 is 1.48 bits per heavy atom. The zero-order valence-electron chi connectivity index (χ0n) is 12.5. The molecule has 7 heteroatoms. The molecule has 1 aliphatic heterocycles. The van der Waals surface area contributed by atoms with Gasteiger partial charge < -0.3 is 9.84 Å². The maximum atomic E-state index is 10.5. The molecular weight excluding hydrogens is 294 g/mol. The van der Waals surface area contributed by atoms with E-state index in [0.717, 1.165) is 55.3 Å². The molecule has 0 amide bonds. The molecule has 1 saturated heterocycles. The first kappa shape index (κ1) is 16.3. The van der Waals surface area contributed by atoms with Gasteiger partial charge >= 0.3 is 5.97 Å². The Bertz CT molecular complexity index is 496. The number of ether oxygens (including phenoxy) is 1. The van der Waals surface area contributed by atoms with Crippen molar-refractivity contribution in [1.82, 2.24) is 14.7 Å². The van der Waals surface area contributed by atoms with Crippen LogP contribution in [0.3, 0.4) is 0 Å². The van der Waals surface area contributed by atoms with Crippen LogP contribution in [0.2, 0.25) is 5.02 Å². The SMILES string of the molecule is CCc1nn(C)c(CN2CCC(OCC(=O)O)CC2)c1Cl. The van der Waals surface area contributed by atoms with E-state index in [-0.39, 0.29) is 12.7 Å². The Balaban J connectivity index is 1.86. The first-order chi connectivity index (χ1) is 10.0. The maximum Gasteiger partial charge on any atom is 0.329 e. The van der Waals surface area contributed by atoms with Crippen molar-refractivity contribution in [3.63, 3.8) is 0 Å². The third kappa shape index (κ3) is 4.18. The summed E-state index contributed by atoms with van der Waals surface area (Å²) in [6.07, 6.45) is 2.58. The lowest BCUT2D eigenvalue weighted by Crippen LogP contribution is -2.37. The molecule has 0 atom stereocenters. The highest BCUT2D eigenvalue weighted by Gasteiger charge is 2.23. The zero-order valence-corrected chi connectivity index (χ0v) is 13.3. The molecule has 1 fully saturated rings. The molecule has 0 bridgehead atoms. The van der Waals surface area contributed by atoms with Gasteiger partial charge in [0.25, 0.3) is 0 Å². The van der Waals surface area contributed by atoms with Crippen molar-refractivity contribution in [2.45, 2.75) is 38.8 Å². The van der Waals surface area contributed by atoms with Gasteiger partial charge in [-0.05, 0) is 19.3 Å². The molecule has 1 N–H and O–H groups in total. The lowest BCUT2D eigenvalue weighted by Gasteiger charge is -2.31. The number of carboxylic acid groups (broad SMARTS) is 1. The molecule has 21 heavy (non-hydrogen) atoms. The summed E-state index contributed by atoms with van der Waals surface area (Å²) >= 11 is 6.36. The second-order valence-corrected chi connectivity index (χ2v) is 5.74. The average molecular weight is 316 g/mol. The van der Waals surface area contributed by atoms with Crippen molar-refractivity contribution in [1.29, 1.82) is 0 Å². The average Bonchev–Trinajstić information content (AvgIpc) is 2.74. The van der Waals surface area contributed by atoms with Crippen LogP contribution >= 0.6 is 11.6 Å². The first-order valence-corrected chi connectivity index (χ1v) is 7.65. The highest BCUT2D eigenvalue weighted by Crippen LogP contribution is 2.24. The van der Waals surface area contributed by atoms with Gasteiger partial charge in [-0.1, -0.05) is 18.5 Å². The number of halogens is 1. The lowest BCUT2D eigenvalue weighted by molar-refractivity contribution is -0.145. The normalized spacial score (nSPS) is 17.3. The molecular formula is C14H22ClN3O3. The monoisotopic (exact) mass is 315 g/mol. The van der Waals surface area contributed by atoms with Gasteiger partial charge in [0.1, 0.15) is 6.61 Å². The van der Waals surface area contributed by atoms with Crippen LogP contribution in [-0.2, 0) is 29.5 Å². The number of hydrogen-bond donors (Lipinski definition) is 1. The van der Waals surface area contributed by atoms with Crippen molar-refractivity contribution in [3.8, 4) is 0 Å². The van der Waals surface area contributed by atoms with Crippen LogP contribution in [0.5, 0.6) is 0 Å². The van der Waals surface area contributed by atoms with Crippen molar-refractivity contribution in [3.05, 3.63) is 16.4 Å². The van der Waals surface area contributed by atoms with E-state index in [4.69, 9.17) is 21.4 Å². The predicted molar refractivity (Wildman–Crippen MR) is 79.5 cm³/mol. The standard InChI is InChI=1S/C14H22ClN3O3/c1-3-11-14(15)12(17(2)16-11)8-18-6-4-10(5-7-18)21-9-13(19)20/h10H,3-9H2,1-2H3,(H,19,20). The fraction of sp³-hybridized carbons (Fsp3) is 0.714. The first-order valence-electron chi connectivity index (χ1n) is 7.27. The third-order valence-corrected chi connectivity index (χ3v) is 4.29. The van der Waals surface area contributed by atoms with Crippen molar-refractivity contribution in [2.75, 3.05) is 19.7 Å². The van der Waals surface area contributed by atoms with Crippen LogP contribution in [0.15, 0.2) is 0 Å². The van der Waals surface area contributed by atoms with Crippen LogP contribution in [0.1, 0.15) is 31.2 Å². The highest BCUT2D eigenvalue weighted by molar-refractivity contribution is 6.31. The number of aryl methyl sites for hydroxylation is 2. The molecule has 0 radical (unpaired) electrons. The molecule has 1 aliphatic rings. The maximum absolute atomic E-state index is 10.5. The summed E-state index contributed by atoms with van der Waals surface area (Å²) in [5, 5.41) is 13.8. The third-order valence-electron chi connectivity index (χ3n) is 3.85. The van der Waals surface area contributed by atoms with Gasteiger partial charge in [0.05, 0.1) is 22.5 Å². The summed E-state index contributed by atoms with van der Waals surface area (Å²) in [6.45, 7) is 4.37. The smallest absolute Gasteiger partial charge is 0.329 e. The molecule has 1 aromatic heterocycles. The van der Waals surface area contributed by atoms with E-state index in [1.165, 1.54) is 0 Å². The van der Waals surface area contributed by atoms with Crippen LogP contribution in [0.4, 0.5) is 0 Å². The number of carbonyl (C=O) groups is 1. The van der Waals surface area contributed by atoms with E-state index in [2.05, 4.69) is 10.00 Å². The van der Waals surface area contributed by atoms with Crippen LogP contribution in [-0.4, -0.2) is 51.6 Å². The van der Waals surface area contributed by atoms with Crippen LogP contribution in [0.25, 0.3) is 0 Å². The second-order valence-electron chi connectivity index (χ2n) is 5.36. The van der Waals surface area contributed by atoms with Gasteiger partial charge in [-0.15, -0.1) is 0 Å². The number of hydrogen-bond acceptors (Lipinski definition) is 4. The largest absolute Gasteiger partial charge is 0.480 e. The molecule has 2 rings (SSSR count). The Labute approximate surface area is 129 Å². The number of piperidine rings is 1. The minimum atomic E-state index is -0.911. The summed E-state index contributed by atoms with van der Waals surface area (Å²) in [5.74, 6) is -0.911. The van der Waals surface area contributed by atoms with Crippen molar-refractivity contribution in [2.24, 2.45) is 7.05 Å². The number of carboxylic acids is 1. The molecule has 2 heterocycles. The summed E-state index contributed by atoms with van der Waals surface area (Å²) in [7, 11) is 1.92. The van der Waals surface area contributed by atoms with Gasteiger partial charge in [0.2, 0.25) is 0 Å². The zero-order chi connectivity index (χ0) is 15.4. The van der Waals surface area contributed by atoms with E-state index >= 15 is 0 Å². The van der Waals surface area contributed by atoms with E-state index in [1.54, 1.807) is 0 Å². The number of aliphatic carboxylic acids is 1. The predicted octanol–water partition coefficient (Wildman–Crippen LogP) is 1.70. The van der Waals surface area contributed by atoms with Crippen LogP contribution in [0, 0.1) is 0 Å². The number of rotatable bonds is 6. The van der Waals surface area contributed by atoms with E-state index in [9.17, 15) is 4.79 Å². The van der Waals surface area contributed by atoms with Crippen molar-refractivity contribution >= 4 is 17.6 Å². The quantitative estimate of drug-likeness (QED) is 0.865. The molecule has 0 aliphatic carbocycles. The molecule has 118 valence electrons. The Kier molecular flexibility index (Phi) is 5.61. The summed E-state index contributed by atoms with van der Waals surface area (Å²) in [4.78, 5) is 12.8. The van der Waals surface area contributed by atoms with Crippen LogP contribution < -0.4 is 0 Å². The summed E-state index contributed by atoms with van der Waals surface area (Å²) < 4.78 is 7.20. The van der Waals surface area contributed by atoms with Gasteiger partial charge in [0.15, 0.2) is 0 Å². The molecule has 0 spiro atoms. The summed E-state index contributed by atoms with van der Waals surface area (Å²) in [6, 6.07) is 0. The molecule has 0 unspecified atom stereocenters. The fourth-order valence-corrected chi connectivity index (χ4v) is 2.98. The van der Waals surface area contributed by atoms with E-state index < -0.39 is 5.97 Å². The number of likely N-dealkylation sites (tertiary alicyclic amines) is 1. The number of nitrogens with zero attached hydrogens (tertiary/aromatic N) is 3. The Hall–Kier alpha value is -1.11.